The SMILES string of the molecule is CCOC(=O)c1cccc(NC(=O)CNc2ccc(C)cc2)c1. The molecule has 0 radical (unpaired) electrons. The summed E-state index contributed by atoms with van der Waals surface area (Å²) in [6.45, 7) is 4.22. The highest BCUT2D eigenvalue weighted by Crippen LogP contribution is 2.12. The highest BCUT2D eigenvalue weighted by atomic mass is 16.5. The predicted molar refractivity (Wildman–Crippen MR) is 90.7 cm³/mol. The highest BCUT2D eigenvalue weighted by molar-refractivity contribution is 5.96. The lowest BCUT2D eigenvalue weighted by molar-refractivity contribution is -0.114. The summed E-state index contributed by atoms with van der Waals surface area (Å²) in [5.74, 6) is -0.590. The number of aryl methyl sites for hydroxylation is 1. The molecule has 5 heteroatoms. The van der Waals surface area contributed by atoms with E-state index in [1.54, 1.807) is 31.2 Å². The van der Waals surface area contributed by atoms with Gasteiger partial charge in [-0.1, -0.05) is 23.8 Å². The molecule has 0 aliphatic rings. The number of nitrogens with one attached hydrogen (secondary N) is 2. The summed E-state index contributed by atoms with van der Waals surface area (Å²) in [5, 5.41) is 5.80. The van der Waals surface area contributed by atoms with Gasteiger partial charge in [0.15, 0.2) is 0 Å². The molecule has 1 amide bonds. The average Bonchev–Trinajstić information content (AvgIpc) is 2.55. The molecular weight excluding hydrogens is 292 g/mol. The summed E-state index contributed by atoms with van der Waals surface area (Å²) in [7, 11) is 0. The number of rotatable bonds is 6. The number of carbonyl (C=O) groups excluding carboxylic acids is 2. The summed E-state index contributed by atoms with van der Waals surface area (Å²) < 4.78 is 4.94. The van der Waals surface area contributed by atoms with Crippen LogP contribution in [0.5, 0.6) is 0 Å². The van der Waals surface area contributed by atoms with Gasteiger partial charge in [-0.05, 0) is 44.2 Å². The van der Waals surface area contributed by atoms with Crippen LogP contribution in [0, 0.1) is 6.92 Å². The van der Waals surface area contributed by atoms with Crippen molar-refractivity contribution in [1.82, 2.24) is 0 Å². The van der Waals surface area contributed by atoms with Gasteiger partial charge in [0.2, 0.25) is 5.91 Å². The first-order valence-electron chi connectivity index (χ1n) is 7.46. The van der Waals surface area contributed by atoms with E-state index in [1.165, 1.54) is 0 Å². The Kier molecular flexibility index (Phi) is 5.74. The van der Waals surface area contributed by atoms with Crippen LogP contribution in [0.15, 0.2) is 48.5 Å². The quantitative estimate of drug-likeness (QED) is 0.804. The lowest BCUT2D eigenvalue weighted by Gasteiger charge is -2.09. The van der Waals surface area contributed by atoms with Crippen molar-refractivity contribution in [3.8, 4) is 0 Å². The summed E-state index contributed by atoms with van der Waals surface area (Å²) in [5.41, 5.74) is 3.02. The van der Waals surface area contributed by atoms with Crippen LogP contribution < -0.4 is 10.6 Å². The van der Waals surface area contributed by atoms with E-state index in [0.29, 0.717) is 17.9 Å². The number of anilines is 2. The first-order valence-corrected chi connectivity index (χ1v) is 7.46. The van der Waals surface area contributed by atoms with E-state index in [0.717, 1.165) is 11.3 Å². The van der Waals surface area contributed by atoms with Crippen LogP contribution in [0.2, 0.25) is 0 Å². The molecule has 0 aromatic heterocycles. The zero-order valence-electron chi connectivity index (χ0n) is 13.3. The summed E-state index contributed by atoms with van der Waals surface area (Å²) in [4.78, 5) is 23.6. The van der Waals surface area contributed by atoms with Crippen molar-refractivity contribution in [2.75, 3.05) is 23.8 Å². The molecular formula is C18H20N2O3. The second-order valence-corrected chi connectivity index (χ2v) is 5.07. The Hall–Kier alpha value is -2.82. The molecule has 0 fully saturated rings. The molecule has 2 aromatic carbocycles. The Morgan fingerprint density at radius 2 is 1.78 bits per heavy atom. The van der Waals surface area contributed by atoms with Crippen LogP contribution in [0.4, 0.5) is 11.4 Å². The molecule has 120 valence electrons. The second-order valence-electron chi connectivity index (χ2n) is 5.07. The Balaban J connectivity index is 1.91. The molecule has 0 saturated carbocycles. The first kappa shape index (κ1) is 16.5. The summed E-state index contributed by atoms with van der Waals surface area (Å²) in [6.07, 6.45) is 0. The fraction of sp³-hybridized carbons (Fsp3) is 0.222. The molecule has 0 aliphatic heterocycles. The number of esters is 1. The third-order valence-corrected chi connectivity index (χ3v) is 3.16. The van der Waals surface area contributed by atoms with Gasteiger partial charge in [-0.15, -0.1) is 0 Å². The number of hydrogen-bond acceptors (Lipinski definition) is 4. The molecule has 2 rings (SSSR count). The minimum Gasteiger partial charge on any atom is -0.462 e. The van der Waals surface area contributed by atoms with Crippen LogP contribution in [-0.2, 0) is 9.53 Å². The Bertz CT molecular complexity index is 681. The topological polar surface area (TPSA) is 67.4 Å². The zero-order valence-corrected chi connectivity index (χ0v) is 13.3. The molecule has 0 heterocycles. The monoisotopic (exact) mass is 312 g/mol. The second kappa shape index (κ2) is 7.98. The Labute approximate surface area is 135 Å². The van der Waals surface area contributed by atoms with Crippen LogP contribution in [0.1, 0.15) is 22.8 Å². The number of ether oxygens (including phenoxy) is 1. The smallest absolute Gasteiger partial charge is 0.338 e. The molecule has 5 nitrogen and oxygen atoms in total. The van der Waals surface area contributed by atoms with Gasteiger partial charge >= 0.3 is 5.97 Å². The molecule has 0 spiro atoms. The molecule has 0 atom stereocenters. The summed E-state index contributed by atoms with van der Waals surface area (Å²) in [6, 6.07) is 14.5. The van der Waals surface area contributed by atoms with Gasteiger partial charge in [-0.2, -0.15) is 0 Å². The molecule has 0 bridgehead atoms. The summed E-state index contributed by atoms with van der Waals surface area (Å²) >= 11 is 0. The third-order valence-electron chi connectivity index (χ3n) is 3.16. The van der Waals surface area contributed by atoms with Gasteiger partial charge in [0, 0.05) is 11.4 Å². The van der Waals surface area contributed by atoms with Crippen LogP contribution in [0.25, 0.3) is 0 Å². The van der Waals surface area contributed by atoms with Gasteiger partial charge in [0.25, 0.3) is 0 Å². The van der Waals surface area contributed by atoms with Crippen molar-refractivity contribution in [3.63, 3.8) is 0 Å². The fourth-order valence-corrected chi connectivity index (χ4v) is 2.00. The molecule has 0 unspecified atom stereocenters. The maximum Gasteiger partial charge on any atom is 0.338 e. The minimum atomic E-state index is -0.402. The average molecular weight is 312 g/mol. The van der Waals surface area contributed by atoms with Gasteiger partial charge in [0.05, 0.1) is 18.7 Å². The predicted octanol–water partition coefficient (Wildman–Crippen LogP) is 3.22. The number of hydrogen-bond donors (Lipinski definition) is 2. The van der Waals surface area contributed by atoms with E-state index in [2.05, 4.69) is 10.6 Å². The van der Waals surface area contributed by atoms with Crippen LogP contribution in [0.3, 0.4) is 0 Å². The minimum absolute atomic E-state index is 0.146. The van der Waals surface area contributed by atoms with Gasteiger partial charge < -0.3 is 15.4 Å². The first-order chi connectivity index (χ1) is 11.1. The van der Waals surface area contributed by atoms with Crippen LogP contribution in [-0.4, -0.2) is 25.0 Å². The Morgan fingerprint density at radius 1 is 1.04 bits per heavy atom. The fourth-order valence-electron chi connectivity index (χ4n) is 2.00. The molecule has 2 aromatic rings. The molecule has 0 aliphatic carbocycles. The van der Waals surface area contributed by atoms with Gasteiger partial charge in [0.1, 0.15) is 0 Å². The van der Waals surface area contributed by atoms with E-state index in [4.69, 9.17) is 4.74 Å². The maximum atomic E-state index is 12.0. The molecule has 2 N–H and O–H groups in total. The molecule has 0 saturated heterocycles. The maximum absolute atomic E-state index is 12.0. The Morgan fingerprint density at radius 3 is 2.48 bits per heavy atom. The van der Waals surface area contributed by atoms with Crippen molar-refractivity contribution in [2.45, 2.75) is 13.8 Å². The normalized spacial score (nSPS) is 10.0. The van der Waals surface area contributed by atoms with Crippen molar-refractivity contribution in [1.29, 1.82) is 0 Å². The van der Waals surface area contributed by atoms with Crippen LogP contribution >= 0.6 is 0 Å². The lowest BCUT2D eigenvalue weighted by atomic mass is 10.2. The standard InChI is InChI=1S/C18H20N2O3/c1-3-23-18(22)14-5-4-6-16(11-14)20-17(21)12-19-15-9-7-13(2)8-10-15/h4-11,19H,3,12H2,1-2H3,(H,20,21). The van der Waals surface area contributed by atoms with E-state index in [1.807, 2.05) is 31.2 Å². The van der Waals surface area contributed by atoms with Crippen molar-refractivity contribution < 1.29 is 14.3 Å². The third kappa shape index (κ3) is 5.14. The number of carbonyl (C=O) groups is 2. The number of benzene rings is 2. The van der Waals surface area contributed by atoms with E-state index in [9.17, 15) is 9.59 Å². The zero-order chi connectivity index (χ0) is 16.7. The van der Waals surface area contributed by atoms with E-state index in [-0.39, 0.29) is 12.5 Å². The van der Waals surface area contributed by atoms with Gasteiger partial charge in [-0.25, -0.2) is 4.79 Å². The lowest BCUT2D eigenvalue weighted by Crippen LogP contribution is -2.21. The molecule has 23 heavy (non-hydrogen) atoms. The highest BCUT2D eigenvalue weighted by Gasteiger charge is 2.08. The number of amides is 1. The largest absolute Gasteiger partial charge is 0.462 e. The van der Waals surface area contributed by atoms with Crippen molar-refractivity contribution in [2.24, 2.45) is 0 Å². The van der Waals surface area contributed by atoms with E-state index < -0.39 is 5.97 Å². The van der Waals surface area contributed by atoms with Crippen molar-refractivity contribution >= 4 is 23.3 Å². The van der Waals surface area contributed by atoms with Crippen molar-refractivity contribution in [3.05, 3.63) is 59.7 Å². The van der Waals surface area contributed by atoms with E-state index >= 15 is 0 Å². The van der Waals surface area contributed by atoms with Gasteiger partial charge in [-0.3, -0.25) is 4.79 Å².